The van der Waals surface area contributed by atoms with Crippen LogP contribution >= 0.6 is 0 Å². The lowest BCUT2D eigenvalue weighted by molar-refractivity contribution is 0.0988. The predicted octanol–water partition coefficient (Wildman–Crippen LogP) is 2.56. The van der Waals surface area contributed by atoms with Crippen molar-refractivity contribution in [3.05, 3.63) is 23.4 Å². The number of hydrogen-bond donors (Lipinski definition) is 1. The summed E-state index contributed by atoms with van der Waals surface area (Å²) >= 11 is 0. The first-order valence-corrected chi connectivity index (χ1v) is 5.47. The summed E-state index contributed by atoms with van der Waals surface area (Å²) in [6, 6.07) is 2.52. The van der Waals surface area contributed by atoms with E-state index in [9.17, 15) is 4.79 Å². The van der Waals surface area contributed by atoms with Gasteiger partial charge in [-0.15, -0.1) is 0 Å². The molecule has 0 aliphatic heterocycles. The molecule has 80 valence electrons. The van der Waals surface area contributed by atoms with Crippen LogP contribution in [0.25, 0.3) is 0 Å². The van der Waals surface area contributed by atoms with E-state index in [0.717, 1.165) is 16.9 Å². The Bertz CT molecular complexity index is 383. The fourth-order valence-corrected chi connectivity index (χ4v) is 1.50. The average Bonchev–Trinajstić information content (AvgIpc) is 3.04. The van der Waals surface area contributed by atoms with Gasteiger partial charge in [0, 0.05) is 24.2 Å². The second-order valence-electron chi connectivity index (χ2n) is 4.08. The van der Waals surface area contributed by atoms with Crippen molar-refractivity contribution in [3.63, 3.8) is 0 Å². The van der Waals surface area contributed by atoms with Crippen molar-refractivity contribution in [1.82, 2.24) is 4.98 Å². The average molecular weight is 204 g/mol. The lowest BCUT2D eigenvalue weighted by Crippen LogP contribution is -2.06. The van der Waals surface area contributed by atoms with E-state index in [1.165, 1.54) is 12.8 Å². The van der Waals surface area contributed by atoms with Gasteiger partial charge in [-0.25, -0.2) is 4.98 Å². The molecule has 0 atom stereocenters. The Labute approximate surface area is 89.9 Å². The molecule has 1 N–H and O–H groups in total. The first kappa shape index (κ1) is 10.1. The van der Waals surface area contributed by atoms with Crippen LogP contribution in [0.5, 0.6) is 0 Å². The van der Waals surface area contributed by atoms with Crippen LogP contribution in [0.2, 0.25) is 0 Å². The van der Waals surface area contributed by atoms with Gasteiger partial charge in [-0.2, -0.15) is 0 Å². The normalized spacial score (nSPS) is 15.1. The van der Waals surface area contributed by atoms with E-state index in [1.807, 2.05) is 19.9 Å². The summed E-state index contributed by atoms with van der Waals surface area (Å²) in [7, 11) is 0. The standard InChI is InChI=1S/C12H16N2O/c1-3-11(15)9-6-8(2)12(13-7-9)14-10-4-5-10/h6-7,10H,3-5H2,1-2H3,(H,13,14). The maximum Gasteiger partial charge on any atom is 0.164 e. The summed E-state index contributed by atoms with van der Waals surface area (Å²) in [4.78, 5) is 15.7. The van der Waals surface area contributed by atoms with Crippen molar-refractivity contribution >= 4 is 11.6 Å². The van der Waals surface area contributed by atoms with Gasteiger partial charge in [0.15, 0.2) is 5.78 Å². The molecular formula is C12H16N2O. The van der Waals surface area contributed by atoms with E-state index in [2.05, 4.69) is 10.3 Å². The lowest BCUT2D eigenvalue weighted by Gasteiger charge is -2.08. The van der Waals surface area contributed by atoms with Gasteiger partial charge in [0.25, 0.3) is 0 Å². The van der Waals surface area contributed by atoms with Gasteiger partial charge in [0.1, 0.15) is 5.82 Å². The lowest BCUT2D eigenvalue weighted by atomic mass is 10.1. The quantitative estimate of drug-likeness (QED) is 0.766. The third kappa shape index (κ3) is 2.35. The van der Waals surface area contributed by atoms with Crippen molar-refractivity contribution in [2.24, 2.45) is 0 Å². The summed E-state index contributed by atoms with van der Waals surface area (Å²) in [6.45, 7) is 3.86. The Kier molecular flexibility index (Phi) is 2.71. The van der Waals surface area contributed by atoms with Crippen LogP contribution in [-0.2, 0) is 0 Å². The zero-order valence-corrected chi connectivity index (χ0v) is 9.21. The number of aryl methyl sites for hydroxylation is 1. The molecule has 1 aliphatic carbocycles. The highest BCUT2D eigenvalue weighted by Gasteiger charge is 2.22. The van der Waals surface area contributed by atoms with Gasteiger partial charge in [-0.05, 0) is 31.4 Å². The van der Waals surface area contributed by atoms with Gasteiger partial charge >= 0.3 is 0 Å². The highest BCUT2D eigenvalue weighted by Crippen LogP contribution is 2.25. The first-order valence-electron chi connectivity index (χ1n) is 5.47. The van der Waals surface area contributed by atoms with Crippen LogP contribution in [0.4, 0.5) is 5.82 Å². The molecule has 1 heterocycles. The minimum absolute atomic E-state index is 0.156. The van der Waals surface area contributed by atoms with E-state index in [-0.39, 0.29) is 5.78 Å². The number of ketones is 1. The highest BCUT2D eigenvalue weighted by atomic mass is 16.1. The minimum Gasteiger partial charge on any atom is -0.367 e. The molecule has 0 unspecified atom stereocenters. The monoisotopic (exact) mass is 204 g/mol. The minimum atomic E-state index is 0.156. The number of Topliss-reactive ketones (excluding diaryl/α,β-unsaturated/α-hetero) is 1. The Hall–Kier alpha value is -1.38. The Balaban J connectivity index is 2.17. The van der Waals surface area contributed by atoms with E-state index in [1.54, 1.807) is 6.20 Å². The summed E-state index contributed by atoms with van der Waals surface area (Å²) in [5.41, 5.74) is 1.78. The van der Waals surface area contributed by atoms with Gasteiger partial charge in [0.05, 0.1) is 0 Å². The van der Waals surface area contributed by atoms with Gasteiger partial charge in [0.2, 0.25) is 0 Å². The third-order valence-electron chi connectivity index (χ3n) is 2.64. The number of carbonyl (C=O) groups excluding carboxylic acids is 1. The van der Waals surface area contributed by atoms with E-state index >= 15 is 0 Å². The maximum atomic E-state index is 11.5. The number of pyridine rings is 1. The molecule has 1 aromatic rings. The van der Waals surface area contributed by atoms with E-state index < -0.39 is 0 Å². The van der Waals surface area contributed by atoms with Crippen molar-refractivity contribution in [2.45, 2.75) is 39.2 Å². The summed E-state index contributed by atoms with van der Waals surface area (Å²) in [6.07, 6.45) is 4.67. The summed E-state index contributed by atoms with van der Waals surface area (Å²) in [5, 5.41) is 3.35. The highest BCUT2D eigenvalue weighted by molar-refractivity contribution is 5.95. The Morgan fingerprint density at radius 2 is 2.33 bits per heavy atom. The smallest absolute Gasteiger partial charge is 0.164 e. The van der Waals surface area contributed by atoms with Crippen LogP contribution in [0.1, 0.15) is 42.1 Å². The van der Waals surface area contributed by atoms with Crippen LogP contribution < -0.4 is 5.32 Å². The number of nitrogens with zero attached hydrogens (tertiary/aromatic N) is 1. The Morgan fingerprint density at radius 1 is 1.60 bits per heavy atom. The van der Waals surface area contributed by atoms with Crippen LogP contribution in [0, 0.1) is 6.92 Å². The molecule has 0 bridgehead atoms. The predicted molar refractivity (Wildman–Crippen MR) is 60.2 cm³/mol. The molecular weight excluding hydrogens is 188 g/mol. The molecule has 1 saturated carbocycles. The fourth-order valence-electron chi connectivity index (χ4n) is 1.50. The van der Waals surface area contributed by atoms with Gasteiger partial charge in [-0.1, -0.05) is 6.92 Å². The van der Waals surface area contributed by atoms with Crippen LogP contribution in [0.3, 0.4) is 0 Å². The van der Waals surface area contributed by atoms with Crippen molar-refractivity contribution in [1.29, 1.82) is 0 Å². The molecule has 0 radical (unpaired) electrons. The number of nitrogens with one attached hydrogen (secondary N) is 1. The number of anilines is 1. The molecule has 1 aromatic heterocycles. The number of hydrogen-bond acceptors (Lipinski definition) is 3. The first-order chi connectivity index (χ1) is 7.20. The molecule has 1 aliphatic rings. The molecule has 0 spiro atoms. The molecule has 0 amide bonds. The van der Waals surface area contributed by atoms with Crippen LogP contribution in [0.15, 0.2) is 12.3 Å². The van der Waals surface area contributed by atoms with E-state index in [4.69, 9.17) is 0 Å². The molecule has 2 rings (SSSR count). The molecule has 3 heteroatoms. The zero-order valence-electron chi connectivity index (χ0n) is 9.21. The topological polar surface area (TPSA) is 42.0 Å². The molecule has 0 aromatic carbocycles. The van der Waals surface area contributed by atoms with Gasteiger partial charge in [-0.3, -0.25) is 4.79 Å². The SMILES string of the molecule is CCC(=O)c1cnc(NC2CC2)c(C)c1. The van der Waals surface area contributed by atoms with E-state index in [0.29, 0.717) is 12.5 Å². The largest absolute Gasteiger partial charge is 0.367 e. The fraction of sp³-hybridized carbons (Fsp3) is 0.500. The zero-order chi connectivity index (χ0) is 10.8. The molecule has 15 heavy (non-hydrogen) atoms. The second kappa shape index (κ2) is 4.01. The van der Waals surface area contributed by atoms with Crippen LogP contribution in [-0.4, -0.2) is 16.8 Å². The Morgan fingerprint density at radius 3 is 2.87 bits per heavy atom. The number of rotatable bonds is 4. The molecule has 3 nitrogen and oxygen atoms in total. The number of aromatic nitrogens is 1. The third-order valence-corrected chi connectivity index (χ3v) is 2.64. The molecule has 0 saturated heterocycles. The number of carbonyl (C=O) groups is 1. The maximum absolute atomic E-state index is 11.5. The summed E-state index contributed by atoms with van der Waals surface area (Å²) in [5.74, 6) is 1.08. The summed E-state index contributed by atoms with van der Waals surface area (Å²) < 4.78 is 0. The second-order valence-corrected chi connectivity index (χ2v) is 4.08. The van der Waals surface area contributed by atoms with Crippen molar-refractivity contribution in [2.75, 3.05) is 5.32 Å². The molecule has 1 fully saturated rings. The van der Waals surface area contributed by atoms with Gasteiger partial charge < -0.3 is 5.32 Å². The van der Waals surface area contributed by atoms with Crippen molar-refractivity contribution < 1.29 is 4.79 Å². The van der Waals surface area contributed by atoms with Crippen molar-refractivity contribution in [3.8, 4) is 0 Å².